The number of rotatable bonds is 4. The van der Waals surface area contributed by atoms with Gasteiger partial charge in [-0.15, -0.1) is 0 Å². The summed E-state index contributed by atoms with van der Waals surface area (Å²) < 4.78 is 7.42. The molecule has 260 valence electrons. The van der Waals surface area contributed by atoms with Crippen molar-refractivity contribution in [1.82, 2.24) is 13.7 Å². The number of aromatic nitrogens is 3. The Labute approximate surface area is 325 Å². The van der Waals surface area contributed by atoms with Crippen LogP contribution in [0, 0.1) is 0 Å². The van der Waals surface area contributed by atoms with Crippen molar-refractivity contribution in [3.63, 3.8) is 0 Å². The van der Waals surface area contributed by atoms with Crippen molar-refractivity contribution in [2.24, 2.45) is 0 Å². The quantitative estimate of drug-likeness (QED) is 0.162. The first kappa shape index (κ1) is 31.1. The molecule has 4 heteroatoms. The van der Waals surface area contributed by atoms with Crippen LogP contribution in [0.3, 0.4) is 0 Å². The largest absolute Gasteiger partial charge is 0.310 e. The third-order valence-corrected chi connectivity index (χ3v) is 11.9. The summed E-state index contributed by atoms with van der Waals surface area (Å²) in [5.74, 6) is 0. The van der Waals surface area contributed by atoms with Crippen LogP contribution in [0.5, 0.6) is 0 Å². The average Bonchev–Trinajstić information content (AvgIpc) is 3.88. The average molecular weight is 712 g/mol. The SMILES string of the molecule is c1ccc(-n2c3c(c4ccccc42)B(c2ccc(-n4c5ccccc5c5ccccc54)cc2)c2c(n(-c4ccccc4)c4ccccc24)-c2ccccc2-3)cc1. The summed E-state index contributed by atoms with van der Waals surface area (Å²) >= 11 is 0. The summed E-state index contributed by atoms with van der Waals surface area (Å²) in [4.78, 5) is 0. The summed E-state index contributed by atoms with van der Waals surface area (Å²) in [5, 5.41) is 5.07. The van der Waals surface area contributed by atoms with Gasteiger partial charge in [0.2, 0.25) is 6.71 Å². The second kappa shape index (κ2) is 12.1. The molecule has 4 heterocycles. The van der Waals surface area contributed by atoms with Gasteiger partial charge < -0.3 is 13.7 Å². The maximum Gasteiger partial charge on any atom is 0.248 e. The topological polar surface area (TPSA) is 14.8 Å². The molecule has 0 spiro atoms. The number of hydrogen-bond acceptors (Lipinski definition) is 0. The lowest BCUT2D eigenvalue weighted by Crippen LogP contribution is -2.52. The number of benzene rings is 8. The van der Waals surface area contributed by atoms with Crippen molar-refractivity contribution < 1.29 is 0 Å². The number of fused-ring (bicyclic) bond motifs is 12. The van der Waals surface area contributed by atoms with Gasteiger partial charge in [0.1, 0.15) is 0 Å². The monoisotopic (exact) mass is 711 g/mol. The van der Waals surface area contributed by atoms with Gasteiger partial charge in [-0.25, -0.2) is 0 Å². The highest BCUT2D eigenvalue weighted by molar-refractivity contribution is 7.00. The maximum atomic E-state index is 2.50. The standard InChI is InChI=1S/C52H34BN3/c1-3-17-36(18-4-1)55-47-29-15-11-25-43(47)49-51(55)41-23-7-8-24-42(41)52-50(44-26-12-16-30-48(44)56(52)37-19-5-2-6-20-37)53(49)35-31-33-38(34-32-35)54-45-27-13-9-21-39(45)40-22-10-14-28-46(40)54/h1-34H. The molecule has 1 aliphatic heterocycles. The molecule has 0 fully saturated rings. The van der Waals surface area contributed by atoms with Crippen LogP contribution in [-0.4, -0.2) is 20.4 Å². The minimum atomic E-state index is -0.0793. The lowest BCUT2D eigenvalue weighted by atomic mass is 9.36. The van der Waals surface area contributed by atoms with Gasteiger partial charge in [0.15, 0.2) is 0 Å². The van der Waals surface area contributed by atoms with E-state index in [0.717, 1.165) is 17.1 Å². The predicted octanol–water partition coefficient (Wildman–Crippen LogP) is 10.8. The lowest BCUT2D eigenvalue weighted by Gasteiger charge is -2.18. The lowest BCUT2D eigenvalue weighted by molar-refractivity contribution is 1.13. The predicted molar refractivity (Wildman–Crippen MR) is 236 cm³/mol. The Bertz CT molecular complexity index is 3100. The van der Waals surface area contributed by atoms with Gasteiger partial charge in [0.05, 0.1) is 33.5 Å². The molecule has 0 unspecified atom stereocenters. The fraction of sp³-hybridized carbons (Fsp3) is 0. The molecule has 0 aliphatic carbocycles. The molecular formula is C52H34BN3. The van der Waals surface area contributed by atoms with E-state index < -0.39 is 0 Å². The minimum absolute atomic E-state index is 0.0793. The van der Waals surface area contributed by atoms with Crippen LogP contribution in [0.15, 0.2) is 206 Å². The van der Waals surface area contributed by atoms with Crippen LogP contribution in [0.1, 0.15) is 0 Å². The van der Waals surface area contributed by atoms with Crippen molar-refractivity contribution in [3.8, 4) is 39.6 Å². The molecule has 0 saturated heterocycles. The Hall–Kier alpha value is -7.30. The van der Waals surface area contributed by atoms with E-state index in [2.05, 4.69) is 220 Å². The molecule has 11 aromatic rings. The number of hydrogen-bond donors (Lipinski definition) is 0. The Balaban J connectivity index is 1.22. The van der Waals surface area contributed by atoms with Crippen molar-refractivity contribution in [3.05, 3.63) is 206 Å². The normalized spacial score (nSPS) is 12.2. The van der Waals surface area contributed by atoms with Crippen LogP contribution in [0.25, 0.3) is 83.2 Å². The van der Waals surface area contributed by atoms with E-state index in [1.54, 1.807) is 0 Å². The van der Waals surface area contributed by atoms with Crippen LogP contribution >= 0.6 is 0 Å². The molecular weight excluding hydrogens is 677 g/mol. The second-order valence-electron chi connectivity index (χ2n) is 14.8. The molecule has 1 aliphatic rings. The highest BCUT2D eigenvalue weighted by Gasteiger charge is 2.39. The molecule has 12 rings (SSSR count). The molecule has 3 aromatic heterocycles. The molecule has 8 aromatic carbocycles. The van der Waals surface area contributed by atoms with E-state index in [0.29, 0.717) is 0 Å². The van der Waals surface area contributed by atoms with Crippen molar-refractivity contribution in [2.75, 3.05) is 0 Å². The van der Waals surface area contributed by atoms with Gasteiger partial charge in [-0.2, -0.15) is 0 Å². The van der Waals surface area contributed by atoms with Gasteiger partial charge in [-0.05, 0) is 82.4 Å². The highest BCUT2D eigenvalue weighted by atomic mass is 15.0. The second-order valence-corrected chi connectivity index (χ2v) is 14.8. The van der Waals surface area contributed by atoms with Gasteiger partial charge in [0, 0.05) is 39.0 Å². The van der Waals surface area contributed by atoms with Crippen LogP contribution < -0.4 is 16.4 Å². The Morgan fingerprint density at radius 1 is 0.268 bits per heavy atom. The fourth-order valence-corrected chi connectivity index (χ4v) is 9.73. The highest BCUT2D eigenvalue weighted by Crippen LogP contribution is 2.42. The first-order chi connectivity index (χ1) is 27.8. The third kappa shape index (κ3) is 4.35. The molecule has 0 N–H and O–H groups in total. The Kier molecular flexibility index (Phi) is 6.72. The summed E-state index contributed by atoms with van der Waals surface area (Å²) in [6.45, 7) is -0.0793. The zero-order chi connectivity index (χ0) is 36.7. The minimum Gasteiger partial charge on any atom is -0.310 e. The summed E-state index contributed by atoms with van der Waals surface area (Å²) in [6.07, 6.45) is 0. The van der Waals surface area contributed by atoms with E-state index in [1.165, 1.54) is 82.5 Å². The molecule has 0 amide bonds. The van der Waals surface area contributed by atoms with Gasteiger partial charge >= 0.3 is 0 Å². The summed E-state index contributed by atoms with van der Waals surface area (Å²) in [5.41, 5.74) is 17.2. The molecule has 0 atom stereocenters. The third-order valence-electron chi connectivity index (χ3n) is 11.9. The van der Waals surface area contributed by atoms with Crippen molar-refractivity contribution in [2.45, 2.75) is 0 Å². The molecule has 0 saturated carbocycles. The molecule has 56 heavy (non-hydrogen) atoms. The molecule has 0 bridgehead atoms. The first-order valence-electron chi connectivity index (χ1n) is 19.4. The number of nitrogens with zero attached hydrogens (tertiary/aromatic N) is 3. The van der Waals surface area contributed by atoms with E-state index in [1.807, 2.05) is 0 Å². The zero-order valence-electron chi connectivity index (χ0n) is 30.5. The molecule has 3 nitrogen and oxygen atoms in total. The van der Waals surface area contributed by atoms with Crippen molar-refractivity contribution >= 4 is 66.7 Å². The Morgan fingerprint density at radius 3 is 1.05 bits per heavy atom. The summed E-state index contributed by atoms with van der Waals surface area (Å²) in [7, 11) is 0. The smallest absolute Gasteiger partial charge is 0.248 e. The summed E-state index contributed by atoms with van der Waals surface area (Å²) in [6, 6.07) is 75.7. The van der Waals surface area contributed by atoms with Crippen LogP contribution in [0.4, 0.5) is 0 Å². The first-order valence-corrected chi connectivity index (χ1v) is 19.4. The van der Waals surface area contributed by atoms with Gasteiger partial charge in [-0.3, -0.25) is 0 Å². The maximum absolute atomic E-state index is 2.50. The zero-order valence-corrected chi connectivity index (χ0v) is 30.5. The van der Waals surface area contributed by atoms with Crippen LogP contribution in [0.2, 0.25) is 0 Å². The van der Waals surface area contributed by atoms with E-state index >= 15 is 0 Å². The fourth-order valence-electron chi connectivity index (χ4n) is 9.73. The van der Waals surface area contributed by atoms with Gasteiger partial charge in [0.25, 0.3) is 0 Å². The van der Waals surface area contributed by atoms with E-state index in [4.69, 9.17) is 0 Å². The van der Waals surface area contributed by atoms with E-state index in [-0.39, 0.29) is 6.71 Å². The number of para-hydroxylation sites is 6. The van der Waals surface area contributed by atoms with Crippen molar-refractivity contribution in [1.29, 1.82) is 0 Å². The van der Waals surface area contributed by atoms with Gasteiger partial charge in [-0.1, -0.05) is 151 Å². The molecule has 0 radical (unpaired) electrons. The van der Waals surface area contributed by atoms with E-state index in [9.17, 15) is 0 Å². The van der Waals surface area contributed by atoms with Crippen LogP contribution in [-0.2, 0) is 0 Å². The Morgan fingerprint density at radius 2 is 0.607 bits per heavy atom.